The highest BCUT2D eigenvalue weighted by molar-refractivity contribution is 5.80. The molecule has 0 aromatic carbocycles. The lowest BCUT2D eigenvalue weighted by Gasteiger charge is -2.31. The van der Waals surface area contributed by atoms with E-state index < -0.39 is 0 Å². The molecule has 2 rings (SSSR count). The molecule has 1 saturated heterocycles. The SMILES string of the molecule is [CH2]CC1CN(CCC(O)C2CCC2)NC1=O. The van der Waals surface area contributed by atoms with Gasteiger partial charge in [-0.2, -0.15) is 0 Å². The van der Waals surface area contributed by atoms with Crippen LogP contribution in [0.5, 0.6) is 0 Å². The summed E-state index contributed by atoms with van der Waals surface area (Å²) in [5, 5.41) is 11.8. The number of carbonyl (C=O) groups excluding carboxylic acids is 1. The van der Waals surface area contributed by atoms with Crippen LogP contribution in [0.3, 0.4) is 0 Å². The van der Waals surface area contributed by atoms with Crippen LogP contribution in [0.1, 0.15) is 32.1 Å². The van der Waals surface area contributed by atoms with E-state index in [0.29, 0.717) is 12.3 Å². The summed E-state index contributed by atoms with van der Waals surface area (Å²) in [6.07, 6.45) is 4.79. The monoisotopic (exact) mass is 225 g/mol. The highest BCUT2D eigenvalue weighted by Crippen LogP contribution is 2.30. The van der Waals surface area contributed by atoms with Gasteiger partial charge < -0.3 is 5.11 Å². The molecule has 1 radical (unpaired) electrons. The molecule has 1 saturated carbocycles. The van der Waals surface area contributed by atoms with Crippen molar-refractivity contribution in [2.45, 2.75) is 38.2 Å². The summed E-state index contributed by atoms with van der Waals surface area (Å²) in [5.74, 6) is 0.607. The predicted molar refractivity (Wildman–Crippen MR) is 61.1 cm³/mol. The van der Waals surface area contributed by atoms with Gasteiger partial charge in [0.2, 0.25) is 5.91 Å². The Balaban J connectivity index is 1.68. The Morgan fingerprint density at radius 1 is 1.56 bits per heavy atom. The molecule has 1 aliphatic carbocycles. The second kappa shape index (κ2) is 5.15. The van der Waals surface area contributed by atoms with Gasteiger partial charge in [0.05, 0.1) is 12.0 Å². The van der Waals surface area contributed by atoms with Crippen molar-refractivity contribution in [2.24, 2.45) is 11.8 Å². The molecule has 91 valence electrons. The molecule has 16 heavy (non-hydrogen) atoms. The largest absolute Gasteiger partial charge is 0.393 e. The van der Waals surface area contributed by atoms with Crippen molar-refractivity contribution in [3.05, 3.63) is 6.92 Å². The van der Waals surface area contributed by atoms with Crippen molar-refractivity contribution in [1.29, 1.82) is 0 Å². The summed E-state index contributed by atoms with van der Waals surface area (Å²) in [7, 11) is 0. The lowest BCUT2D eigenvalue weighted by Crippen LogP contribution is -2.37. The number of aliphatic hydroxyl groups excluding tert-OH is 1. The van der Waals surface area contributed by atoms with Gasteiger partial charge in [-0.05, 0) is 31.6 Å². The van der Waals surface area contributed by atoms with E-state index in [4.69, 9.17) is 0 Å². The third kappa shape index (κ3) is 2.55. The molecule has 1 aliphatic heterocycles. The topological polar surface area (TPSA) is 52.6 Å². The van der Waals surface area contributed by atoms with E-state index >= 15 is 0 Å². The van der Waals surface area contributed by atoms with Gasteiger partial charge in [-0.25, -0.2) is 5.01 Å². The highest BCUT2D eigenvalue weighted by atomic mass is 16.3. The first-order valence-electron chi connectivity index (χ1n) is 6.23. The van der Waals surface area contributed by atoms with Gasteiger partial charge in [-0.15, -0.1) is 0 Å². The minimum Gasteiger partial charge on any atom is -0.393 e. The first-order valence-corrected chi connectivity index (χ1v) is 6.23. The minimum atomic E-state index is -0.190. The van der Waals surface area contributed by atoms with E-state index in [1.165, 1.54) is 6.42 Å². The van der Waals surface area contributed by atoms with Crippen LogP contribution in [0.4, 0.5) is 0 Å². The Morgan fingerprint density at radius 3 is 2.81 bits per heavy atom. The molecular weight excluding hydrogens is 204 g/mol. The molecule has 0 spiro atoms. The maximum absolute atomic E-state index is 11.4. The lowest BCUT2D eigenvalue weighted by atomic mass is 9.80. The molecule has 2 unspecified atom stereocenters. The molecule has 2 N–H and O–H groups in total. The van der Waals surface area contributed by atoms with Gasteiger partial charge in [0.1, 0.15) is 0 Å². The molecule has 4 nitrogen and oxygen atoms in total. The van der Waals surface area contributed by atoms with Gasteiger partial charge in [0.15, 0.2) is 0 Å². The van der Waals surface area contributed by atoms with E-state index in [-0.39, 0.29) is 17.9 Å². The Morgan fingerprint density at radius 2 is 2.31 bits per heavy atom. The van der Waals surface area contributed by atoms with E-state index in [0.717, 1.165) is 32.4 Å². The molecular formula is C12H21N2O2. The maximum Gasteiger partial charge on any atom is 0.238 e. The standard InChI is InChI=1S/C12H21N2O2/c1-2-9-8-14(13-12(9)16)7-6-11(15)10-4-3-5-10/h9-11,15H,1-8H2,(H,13,16). The molecule has 0 bridgehead atoms. The van der Waals surface area contributed by atoms with Crippen molar-refractivity contribution in [1.82, 2.24) is 10.4 Å². The molecule has 1 amide bonds. The van der Waals surface area contributed by atoms with Crippen molar-refractivity contribution in [2.75, 3.05) is 13.1 Å². The molecule has 2 atom stereocenters. The molecule has 4 heteroatoms. The number of amides is 1. The zero-order valence-electron chi connectivity index (χ0n) is 9.69. The normalized spacial score (nSPS) is 28.9. The number of aliphatic hydroxyl groups is 1. The van der Waals surface area contributed by atoms with Crippen LogP contribution in [0.2, 0.25) is 0 Å². The minimum absolute atomic E-state index is 0.0286. The van der Waals surface area contributed by atoms with Crippen molar-refractivity contribution in [3.8, 4) is 0 Å². The van der Waals surface area contributed by atoms with Crippen molar-refractivity contribution >= 4 is 5.91 Å². The fourth-order valence-corrected chi connectivity index (χ4v) is 2.36. The highest BCUT2D eigenvalue weighted by Gasteiger charge is 2.30. The van der Waals surface area contributed by atoms with Crippen LogP contribution in [0.25, 0.3) is 0 Å². The summed E-state index contributed by atoms with van der Waals surface area (Å²) in [6, 6.07) is 0. The third-order valence-corrected chi connectivity index (χ3v) is 3.82. The summed E-state index contributed by atoms with van der Waals surface area (Å²) >= 11 is 0. The van der Waals surface area contributed by atoms with Gasteiger partial charge >= 0.3 is 0 Å². The second-order valence-corrected chi connectivity index (χ2v) is 4.95. The zero-order chi connectivity index (χ0) is 11.5. The number of nitrogens with zero attached hydrogens (tertiary/aromatic N) is 1. The summed E-state index contributed by atoms with van der Waals surface area (Å²) in [4.78, 5) is 11.4. The van der Waals surface area contributed by atoms with Gasteiger partial charge in [-0.1, -0.05) is 13.3 Å². The molecule has 0 aromatic heterocycles. The number of hydrogen-bond donors (Lipinski definition) is 2. The van der Waals surface area contributed by atoms with Crippen LogP contribution in [0, 0.1) is 18.8 Å². The van der Waals surface area contributed by atoms with Crippen LogP contribution in [-0.2, 0) is 4.79 Å². The Bertz CT molecular complexity index is 253. The lowest BCUT2D eigenvalue weighted by molar-refractivity contribution is -0.123. The second-order valence-electron chi connectivity index (χ2n) is 4.95. The number of hydrazine groups is 1. The average Bonchev–Trinajstić information content (AvgIpc) is 2.53. The maximum atomic E-state index is 11.4. The molecule has 2 fully saturated rings. The van der Waals surface area contributed by atoms with Crippen LogP contribution < -0.4 is 5.43 Å². The fourth-order valence-electron chi connectivity index (χ4n) is 2.36. The molecule has 1 heterocycles. The van der Waals surface area contributed by atoms with Crippen molar-refractivity contribution in [3.63, 3.8) is 0 Å². The summed E-state index contributed by atoms with van der Waals surface area (Å²) < 4.78 is 0. The predicted octanol–water partition coefficient (Wildman–Crippen LogP) is 0.725. The van der Waals surface area contributed by atoms with Crippen molar-refractivity contribution < 1.29 is 9.90 Å². The first-order chi connectivity index (χ1) is 7.70. The van der Waals surface area contributed by atoms with Gasteiger partial charge in [0, 0.05) is 13.1 Å². The Hall–Kier alpha value is -0.610. The molecule has 2 aliphatic rings. The van der Waals surface area contributed by atoms with E-state index in [1.807, 2.05) is 5.01 Å². The van der Waals surface area contributed by atoms with Crippen LogP contribution >= 0.6 is 0 Å². The number of nitrogens with one attached hydrogen (secondary N) is 1. The first kappa shape index (κ1) is 11.9. The zero-order valence-corrected chi connectivity index (χ0v) is 9.69. The van der Waals surface area contributed by atoms with Crippen LogP contribution in [0.15, 0.2) is 0 Å². The summed E-state index contributed by atoms with van der Waals surface area (Å²) in [5.41, 5.74) is 2.83. The third-order valence-electron chi connectivity index (χ3n) is 3.82. The average molecular weight is 225 g/mol. The fraction of sp³-hybridized carbons (Fsp3) is 0.833. The number of carbonyl (C=O) groups is 1. The Labute approximate surface area is 97.0 Å². The van der Waals surface area contributed by atoms with Gasteiger partial charge in [0.25, 0.3) is 0 Å². The summed E-state index contributed by atoms with van der Waals surface area (Å²) in [6.45, 7) is 5.25. The van der Waals surface area contributed by atoms with E-state index in [1.54, 1.807) is 0 Å². The Kier molecular flexibility index (Phi) is 3.82. The number of hydrogen-bond acceptors (Lipinski definition) is 3. The van der Waals surface area contributed by atoms with E-state index in [9.17, 15) is 9.90 Å². The van der Waals surface area contributed by atoms with Gasteiger partial charge in [-0.3, -0.25) is 10.2 Å². The van der Waals surface area contributed by atoms with Crippen LogP contribution in [-0.4, -0.2) is 35.2 Å². The molecule has 0 aromatic rings. The quantitative estimate of drug-likeness (QED) is 0.725. The smallest absolute Gasteiger partial charge is 0.238 e. The van der Waals surface area contributed by atoms with E-state index in [2.05, 4.69) is 12.3 Å². The number of rotatable bonds is 5.